The molecule has 4 aromatic rings. The second-order valence-electron chi connectivity index (χ2n) is 8.27. The second-order valence-corrected chi connectivity index (χ2v) is 8.66. The van der Waals surface area contributed by atoms with Crippen LogP contribution in [0.5, 0.6) is 0 Å². The fourth-order valence-electron chi connectivity index (χ4n) is 3.90. The summed E-state index contributed by atoms with van der Waals surface area (Å²) in [5.41, 5.74) is -1.13. The highest BCUT2D eigenvalue weighted by atomic mass is 35.5. The molecule has 4 rings (SSSR count). The number of aliphatic imine (C=N–C) groups is 1. The SMILES string of the molecule is C#C/C=C\C(=NC)c1oc2c(C(C)Nc3ccc(Cl)nc3-c3noc(=O)[nH]3)cc(C(F)(F)F)cc2c(=O)c1C. The van der Waals surface area contributed by atoms with Crippen LogP contribution in [0.15, 0.2) is 59.9 Å². The number of allylic oxidation sites excluding steroid dienone is 2. The molecular weight excluding hydrogens is 539 g/mol. The van der Waals surface area contributed by atoms with E-state index in [9.17, 15) is 22.8 Å². The van der Waals surface area contributed by atoms with E-state index in [0.717, 1.165) is 12.1 Å². The molecule has 1 unspecified atom stereocenters. The van der Waals surface area contributed by atoms with Gasteiger partial charge in [0.05, 0.1) is 22.7 Å². The number of nitrogens with zero attached hydrogens (tertiary/aromatic N) is 3. The van der Waals surface area contributed by atoms with Gasteiger partial charge in [0.2, 0.25) is 5.82 Å². The Balaban J connectivity index is 1.95. The fourth-order valence-corrected chi connectivity index (χ4v) is 4.05. The average molecular weight is 558 g/mol. The van der Waals surface area contributed by atoms with Crippen molar-refractivity contribution in [2.45, 2.75) is 26.1 Å². The Bertz CT molecular complexity index is 1790. The Labute approximate surface area is 223 Å². The number of aromatic nitrogens is 3. The first-order valence-corrected chi connectivity index (χ1v) is 11.6. The van der Waals surface area contributed by atoms with Crippen LogP contribution in [0.4, 0.5) is 18.9 Å². The molecule has 1 atom stereocenters. The zero-order chi connectivity index (χ0) is 28.5. The van der Waals surface area contributed by atoms with Crippen LogP contribution in [0.25, 0.3) is 22.5 Å². The number of pyridine rings is 1. The molecule has 0 aliphatic carbocycles. The van der Waals surface area contributed by atoms with Crippen LogP contribution in [-0.2, 0) is 6.18 Å². The number of alkyl halides is 3. The Morgan fingerprint density at radius 3 is 2.67 bits per heavy atom. The summed E-state index contributed by atoms with van der Waals surface area (Å²) < 4.78 is 52.2. The van der Waals surface area contributed by atoms with Gasteiger partial charge in [-0.05, 0) is 50.3 Å². The van der Waals surface area contributed by atoms with E-state index in [2.05, 4.69) is 35.9 Å². The fraction of sp³-hybridized carbons (Fsp3) is 0.192. The zero-order valence-corrected chi connectivity index (χ0v) is 21.4. The number of anilines is 1. The summed E-state index contributed by atoms with van der Waals surface area (Å²) in [5.74, 6) is 1.48. The maximum absolute atomic E-state index is 13.9. The number of rotatable bonds is 6. The van der Waals surface area contributed by atoms with Crippen molar-refractivity contribution in [3.63, 3.8) is 0 Å². The van der Waals surface area contributed by atoms with Gasteiger partial charge in [0.15, 0.2) is 11.2 Å². The lowest BCUT2D eigenvalue weighted by molar-refractivity contribution is -0.137. The maximum atomic E-state index is 13.9. The molecule has 0 fully saturated rings. The van der Waals surface area contributed by atoms with Crippen LogP contribution in [-0.4, -0.2) is 27.9 Å². The monoisotopic (exact) mass is 557 g/mol. The van der Waals surface area contributed by atoms with E-state index >= 15 is 0 Å². The largest absolute Gasteiger partial charge is 0.454 e. The van der Waals surface area contributed by atoms with Crippen molar-refractivity contribution in [1.29, 1.82) is 0 Å². The number of halogens is 4. The zero-order valence-electron chi connectivity index (χ0n) is 20.6. The van der Waals surface area contributed by atoms with Crippen LogP contribution < -0.4 is 16.5 Å². The third kappa shape index (κ3) is 5.49. The molecule has 1 aromatic carbocycles. The molecule has 0 saturated carbocycles. The van der Waals surface area contributed by atoms with Crippen molar-refractivity contribution in [3.8, 4) is 23.9 Å². The minimum atomic E-state index is -4.75. The summed E-state index contributed by atoms with van der Waals surface area (Å²) in [6, 6.07) is 3.69. The van der Waals surface area contributed by atoms with Crippen LogP contribution >= 0.6 is 11.6 Å². The first kappa shape index (κ1) is 27.4. The van der Waals surface area contributed by atoms with E-state index < -0.39 is 29.0 Å². The molecule has 13 heteroatoms. The van der Waals surface area contributed by atoms with Crippen LogP contribution in [0.1, 0.15) is 35.4 Å². The molecule has 200 valence electrons. The van der Waals surface area contributed by atoms with Gasteiger partial charge in [-0.3, -0.25) is 19.3 Å². The summed E-state index contributed by atoms with van der Waals surface area (Å²) in [6.07, 6.45) is 3.34. The number of hydrogen-bond donors (Lipinski definition) is 2. The highest BCUT2D eigenvalue weighted by Gasteiger charge is 2.33. The standard InChI is InChI=1S/C26H19ClF3N5O4/c1-5-6-7-18(31-4)22-12(2)21(36)16-11-14(26(28,29)30)10-15(23(16)38-22)13(3)32-17-8-9-19(27)33-20(17)24-34-25(37)39-35-24/h1,6-11,13,32H,2-4H3,(H,34,35,37)/b7-6-,31-18?. The number of hydrogen-bond acceptors (Lipinski definition) is 8. The third-order valence-electron chi connectivity index (χ3n) is 5.75. The van der Waals surface area contributed by atoms with Crippen LogP contribution in [0.2, 0.25) is 5.15 Å². The normalized spacial score (nSPS) is 13.1. The lowest BCUT2D eigenvalue weighted by Crippen LogP contribution is -2.17. The van der Waals surface area contributed by atoms with Crippen molar-refractivity contribution >= 4 is 34.0 Å². The first-order chi connectivity index (χ1) is 18.4. The molecule has 2 N–H and O–H groups in total. The number of nitrogens with one attached hydrogen (secondary N) is 2. The second kappa shape index (κ2) is 10.6. The number of fused-ring (bicyclic) bond motifs is 1. The molecule has 0 amide bonds. The van der Waals surface area contributed by atoms with E-state index in [1.807, 2.05) is 0 Å². The van der Waals surface area contributed by atoms with Gasteiger partial charge in [-0.2, -0.15) is 13.2 Å². The number of terminal acetylenes is 1. The predicted molar refractivity (Wildman–Crippen MR) is 140 cm³/mol. The van der Waals surface area contributed by atoms with E-state index in [1.165, 1.54) is 38.3 Å². The Morgan fingerprint density at radius 2 is 2.05 bits per heavy atom. The van der Waals surface area contributed by atoms with E-state index in [4.69, 9.17) is 22.4 Å². The average Bonchev–Trinajstić information content (AvgIpc) is 3.33. The van der Waals surface area contributed by atoms with Gasteiger partial charge in [-0.25, -0.2) is 9.78 Å². The first-order valence-electron chi connectivity index (χ1n) is 11.2. The third-order valence-corrected chi connectivity index (χ3v) is 5.96. The molecule has 9 nitrogen and oxygen atoms in total. The van der Waals surface area contributed by atoms with E-state index in [0.29, 0.717) is 0 Å². The van der Waals surface area contributed by atoms with Gasteiger partial charge in [0.25, 0.3) is 0 Å². The van der Waals surface area contributed by atoms with Crippen molar-refractivity contribution in [2.75, 3.05) is 12.4 Å². The molecule has 0 radical (unpaired) electrons. The summed E-state index contributed by atoms with van der Waals surface area (Å²) in [5, 5.41) is 6.44. The topological polar surface area (TPSA) is 126 Å². The molecule has 0 bridgehead atoms. The van der Waals surface area contributed by atoms with Gasteiger partial charge < -0.3 is 9.73 Å². The van der Waals surface area contributed by atoms with E-state index in [1.54, 1.807) is 6.92 Å². The summed E-state index contributed by atoms with van der Waals surface area (Å²) in [6.45, 7) is 2.99. The molecule has 3 aromatic heterocycles. The molecule has 0 aliphatic heterocycles. The smallest absolute Gasteiger partial charge is 0.439 e. The van der Waals surface area contributed by atoms with Gasteiger partial charge >= 0.3 is 11.9 Å². The maximum Gasteiger partial charge on any atom is 0.439 e. The summed E-state index contributed by atoms with van der Waals surface area (Å²) in [7, 11) is 1.46. The molecule has 0 spiro atoms. The van der Waals surface area contributed by atoms with Crippen LogP contribution in [0, 0.1) is 19.3 Å². The lowest BCUT2D eigenvalue weighted by atomic mass is 9.98. The van der Waals surface area contributed by atoms with Crippen molar-refractivity contribution < 1.29 is 22.1 Å². The number of H-pyrrole nitrogens is 1. The summed E-state index contributed by atoms with van der Waals surface area (Å²) >= 11 is 6.01. The molecular formula is C26H19ClF3N5O4. The van der Waals surface area contributed by atoms with Crippen LogP contribution in [0.3, 0.4) is 0 Å². The van der Waals surface area contributed by atoms with Gasteiger partial charge in [-0.1, -0.05) is 22.7 Å². The highest BCUT2D eigenvalue weighted by Crippen LogP contribution is 2.37. The minimum absolute atomic E-state index is 0.0177. The van der Waals surface area contributed by atoms with Gasteiger partial charge in [-0.15, -0.1) is 6.42 Å². The number of benzene rings is 1. The molecule has 3 heterocycles. The predicted octanol–water partition coefficient (Wildman–Crippen LogP) is 5.29. The van der Waals surface area contributed by atoms with Crippen molar-refractivity contribution in [3.05, 3.63) is 84.8 Å². The Morgan fingerprint density at radius 1 is 1.31 bits per heavy atom. The molecule has 0 aliphatic rings. The highest BCUT2D eigenvalue weighted by molar-refractivity contribution is 6.29. The lowest BCUT2D eigenvalue weighted by Gasteiger charge is -2.21. The number of aromatic amines is 1. The Kier molecular flexibility index (Phi) is 7.47. The van der Waals surface area contributed by atoms with E-state index in [-0.39, 0.29) is 55.9 Å². The Hall–Kier alpha value is -4.63. The molecule has 0 saturated heterocycles. The summed E-state index contributed by atoms with van der Waals surface area (Å²) in [4.78, 5) is 35.4. The van der Waals surface area contributed by atoms with Gasteiger partial charge in [0.1, 0.15) is 22.1 Å². The molecule has 39 heavy (non-hydrogen) atoms. The van der Waals surface area contributed by atoms with Crippen molar-refractivity contribution in [2.24, 2.45) is 4.99 Å². The minimum Gasteiger partial charge on any atom is -0.454 e. The van der Waals surface area contributed by atoms with Gasteiger partial charge in [0, 0.05) is 18.2 Å². The van der Waals surface area contributed by atoms with Crippen molar-refractivity contribution in [1.82, 2.24) is 15.1 Å². The quantitative estimate of drug-likeness (QED) is 0.187.